The first kappa shape index (κ1) is 30.8. The number of benzene rings is 2. The molecular formula is C30H40ClN6O3+. The third kappa shape index (κ3) is 10.5. The van der Waals surface area contributed by atoms with Gasteiger partial charge in [-0.1, -0.05) is 60.5 Å². The maximum Gasteiger partial charge on any atom is 0.273 e. The molecule has 0 aliphatic rings. The Morgan fingerprint density at radius 3 is 2.30 bits per heavy atom. The number of aromatic nitrogens is 2. The van der Waals surface area contributed by atoms with Crippen LogP contribution in [0.3, 0.4) is 0 Å². The molecule has 1 heterocycles. The van der Waals surface area contributed by atoms with Gasteiger partial charge in [-0.2, -0.15) is 0 Å². The Morgan fingerprint density at radius 1 is 0.875 bits per heavy atom. The highest BCUT2D eigenvalue weighted by Gasteiger charge is 2.18. The lowest BCUT2D eigenvalue weighted by molar-refractivity contribution is -0.889. The summed E-state index contributed by atoms with van der Waals surface area (Å²) in [5.74, 6) is 0.581. The standard InChI is InChI=1S/C30H39ClN6O3/c1-37(2,19-17-34-30(39)26-28(32)36-29(33)27(31)35-26)18-9-4-3-8-12-24(38)20-22-13-15-25(16-14-22)40-21-23-10-6-5-7-11-23/h5-7,10-11,13-16H,3-4,8-9,12,17-21H2,1-2H3,(H4-,32,33,34,36,39)/p+1. The van der Waals surface area contributed by atoms with Gasteiger partial charge in [0, 0.05) is 12.8 Å². The fourth-order valence-electron chi connectivity index (χ4n) is 4.25. The van der Waals surface area contributed by atoms with Crippen LogP contribution in [-0.2, 0) is 17.8 Å². The van der Waals surface area contributed by atoms with Crippen LogP contribution < -0.4 is 21.5 Å². The lowest BCUT2D eigenvalue weighted by atomic mass is 10.0. The maximum atomic E-state index is 12.4. The lowest BCUT2D eigenvalue weighted by Crippen LogP contribution is -2.46. The number of quaternary nitrogens is 1. The van der Waals surface area contributed by atoms with Crippen molar-refractivity contribution >= 4 is 34.9 Å². The zero-order valence-electron chi connectivity index (χ0n) is 23.4. The predicted molar refractivity (Wildman–Crippen MR) is 159 cm³/mol. The van der Waals surface area contributed by atoms with Gasteiger partial charge in [0.2, 0.25) is 0 Å². The molecule has 3 rings (SSSR count). The van der Waals surface area contributed by atoms with Crippen molar-refractivity contribution in [1.29, 1.82) is 0 Å². The number of ketones is 1. The van der Waals surface area contributed by atoms with Crippen LogP contribution in [0.5, 0.6) is 5.75 Å². The number of rotatable bonds is 16. The Morgan fingerprint density at radius 2 is 1.57 bits per heavy atom. The Hall–Kier alpha value is -3.69. The molecule has 0 radical (unpaired) electrons. The van der Waals surface area contributed by atoms with Crippen molar-refractivity contribution in [2.75, 3.05) is 45.2 Å². The van der Waals surface area contributed by atoms with Gasteiger partial charge in [-0.05, 0) is 42.5 Å². The largest absolute Gasteiger partial charge is 0.489 e. The van der Waals surface area contributed by atoms with Gasteiger partial charge in [0.1, 0.15) is 18.1 Å². The zero-order valence-corrected chi connectivity index (χ0v) is 24.1. The van der Waals surface area contributed by atoms with Crippen LogP contribution in [-0.4, -0.2) is 59.9 Å². The molecule has 0 spiro atoms. The fraction of sp³-hybridized carbons (Fsp3) is 0.400. The molecule has 1 amide bonds. The number of hydrogen-bond donors (Lipinski definition) is 3. The second kappa shape index (κ2) is 15.2. The van der Waals surface area contributed by atoms with E-state index in [2.05, 4.69) is 29.4 Å². The minimum absolute atomic E-state index is 0.00608. The van der Waals surface area contributed by atoms with Crippen molar-refractivity contribution in [3.05, 3.63) is 76.6 Å². The SMILES string of the molecule is C[N+](C)(CCCCCCC(=O)Cc1ccc(OCc2ccccc2)cc1)CCNC(=O)c1nc(Cl)c(N)nc1N. The lowest BCUT2D eigenvalue weighted by Gasteiger charge is -2.30. The molecule has 0 aliphatic carbocycles. The first-order chi connectivity index (χ1) is 19.1. The molecule has 40 heavy (non-hydrogen) atoms. The van der Waals surface area contributed by atoms with E-state index in [4.69, 9.17) is 27.8 Å². The number of Topliss-reactive ketones (excluding diaryl/α,β-unsaturated/α-hetero) is 1. The van der Waals surface area contributed by atoms with Crippen LogP contribution >= 0.6 is 11.6 Å². The highest BCUT2D eigenvalue weighted by Crippen LogP contribution is 2.18. The number of ether oxygens (including phenoxy) is 1. The molecular weight excluding hydrogens is 528 g/mol. The molecule has 214 valence electrons. The normalized spacial score (nSPS) is 11.3. The van der Waals surface area contributed by atoms with Crippen molar-refractivity contribution in [2.24, 2.45) is 0 Å². The average molecular weight is 568 g/mol. The van der Waals surface area contributed by atoms with E-state index in [-0.39, 0.29) is 28.3 Å². The number of carbonyl (C=O) groups is 2. The Labute approximate surface area is 241 Å². The Bertz CT molecular complexity index is 1250. The van der Waals surface area contributed by atoms with E-state index in [1.165, 1.54) is 0 Å². The monoisotopic (exact) mass is 567 g/mol. The van der Waals surface area contributed by atoms with Gasteiger partial charge in [-0.25, -0.2) is 9.97 Å². The summed E-state index contributed by atoms with van der Waals surface area (Å²) in [6.45, 7) is 2.70. The number of nitrogens with zero attached hydrogens (tertiary/aromatic N) is 3. The van der Waals surface area contributed by atoms with Gasteiger partial charge in [0.15, 0.2) is 22.5 Å². The highest BCUT2D eigenvalue weighted by atomic mass is 35.5. The highest BCUT2D eigenvalue weighted by molar-refractivity contribution is 6.31. The molecule has 0 fully saturated rings. The number of nitrogens with two attached hydrogens (primary N) is 2. The van der Waals surface area contributed by atoms with E-state index < -0.39 is 5.91 Å². The summed E-state index contributed by atoms with van der Waals surface area (Å²) in [6, 6.07) is 17.8. The average Bonchev–Trinajstić information content (AvgIpc) is 2.92. The number of amides is 1. The number of unbranched alkanes of at least 4 members (excludes halogenated alkanes) is 3. The number of likely N-dealkylation sites (N-methyl/N-ethyl adjacent to an activating group) is 1. The molecule has 0 atom stereocenters. The van der Waals surface area contributed by atoms with Gasteiger partial charge in [0.25, 0.3) is 5.91 Å². The molecule has 1 aromatic heterocycles. The predicted octanol–water partition coefficient (Wildman–Crippen LogP) is 4.44. The second-order valence-corrected chi connectivity index (χ2v) is 10.9. The van der Waals surface area contributed by atoms with E-state index in [0.29, 0.717) is 26.0 Å². The Kier molecular flexibility index (Phi) is 11.7. The van der Waals surface area contributed by atoms with Crippen LogP contribution in [0.2, 0.25) is 5.15 Å². The van der Waals surface area contributed by atoms with Crippen molar-refractivity contribution in [2.45, 2.75) is 45.1 Å². The van der Waals surface area contributed by atoms with Crippen LogP contribution in [0.1, 0.15) is 53.7 Å². The molecule has 0 saturated carbocycles. The van der Waals surface area contributed by atoms with E-state index >= 15 is 0 Å². The van der Waals surface area contributed by atoms with Crippen LogP contribution in [0.15, 0.2) is 54.6 Å². The summed E-state index contributed by atoms with van der Waals surface area (Å²) in [7, 11) is 4.25. The quantitative estimate of drug-likeness (QED) is 0.172. The minimum atomic E-state index is -0.427. The number of carbonyl (C=O) groups excluding carboxylic acids is 2. The first-order valence-electron chi connectivity index (χ1n) is 13.6. The van der Waals surface area contributed by atoms with Crippen LogP contribution in [0.4, 0.5) is 11.6 Å². The summed E-state index contributed by atoms with van der Waals surface area (Å²) in [5, 5.41) is 2.78. The van der Waals surface area contributed by atoms with Gasteiger partial charge < -0.3 is 26.0 Å². The number of halogens is 1. The number of anilines is 2. The Balaban J connectivity index is 1.25. The molecule has 0 aliphatic heterocycles. The van der Waals surface area contributed by atoms with E-state index in [1.54, 1.807) is 0 Å². The molecule has 0 saturated heterocycles. The molecule has 5 N–H and O–H groups in total. The zero-order chi connectivity index (χ0) is 29.0. The van der Waals surface area contributed by atoms with Crippen molar-refractivity contribution in [3.63, 3.8) is 0 Å². The van der Waals surface area contributed by atoms with Gasteiger partial charge in [0.05, 0.1) is 33.7 Å². The van der Waals surface area contributed by atoms with Crippen molar-refractivity contribution in [1.82, 2.24) is 15.3 Å². The van der Waals surface area contributed by atoms with Crippen molar-refractivity contribution < 1.29 is 18.8 Å². The molecule has 10 heteroatoms. The molecule has 9 nitrogen and oxygen atoms in total. The third-order valence-corrected chi connectivity index (χ3v) is 6.94. The summed E-state index contributed by atoms with van der Waals surface area (Å²) in [4.78, 5) is 32.6. The van der Waals surface area contributed by atoms with Gasteiger partial charge >= 0.3 is 0 Å². The van der Waals surface area contributed by atoms with Crippen LogP contribution in [0.25, 0.3) is 0 Å². The summed E-state index contributed by atoms with van der Waals surface area (Å²) in [6.07, 6.45) is 5.07. The molecule has 2 aromatic carbocycles. The fourth-order valence-corrected chi connectivity index (χ4v) is 4.38. The van der Waals surface area contributed by atoms with E-state index in [0.717, 1.165) is 60.1 Å². The summed E-state index contributed by atoms with van der Waals surface area (Å²) >= 11 is 5.85. The number of hydrogen-bond acceptors (Lipinski definition) is 7. The van der Waals surface area contributed by atoms with E-state index in [9.17, 15) is 9.59 Å². The van der Waals surface area contributed by atoms with Gasteiger partial charge in [-0.3, -0.25) is 9.59 Å². The molecule has 0 bridgehead atoms. The maximum absolute atomic E-state index is 12.4. The topological polar surface area (TPSA) is 133 Å². The summed E-state index contributed by atoms with van der Waals surface area (Å²) < 4.78 is 6.58. The smallest absolute Gasteiger partial charge is 0.273 e. The number of nitrogens with one attached hydrogen (secondary N) is 1. The molecule has 0 unspecified atom stereocenters. The van der Waals surface area contributed by atoms with Crippen molar-refractivity contribution in [3.8, 4) is 5.75 Å². The summed E-state index contributed by atoms with van der Waals surface area (Å²) in [5.41, 5.74) is 13.4. The second-order valence-electron chi connectivity index (χ2n) is 10.6. The minimum Gasteiger partial charge on any atom is -0.489 e. The number of nitrogen functional groups attached to an aromatic ring is 2. The van der Waals surface area contributed by atoms with Gasteiger partial charge in [-0.15, -0.1) is 0 Å². The third-order valence-electron chi connectivity index (χ3n) is 6.66. The molecule has 3 aromatic rings. The van der Waals surface area contributed by atoms with E-state index in [1.807, 2.05) is 54.6 Å². The van der Waals surface area contributed by atoms with Crippen LogP contribution in [0, 0.1) is 0 Å². The first-order valence-corrected chi connectivity index (χ1v) is 14.0.